The maximum Gasteiger partial charge on any atom is 0.329 e. The van der Waals surface area contributed by atoms with Crippen molar-refractivity contribution < 1.29 is 5.11 Å². The molecule has 5 nitrogen and oxygen atoms in total. The van der Waals surface area contributed by atoms with Crippen molar-refractivity contribution in [2.45, 2.75) is 5.37 Å². The Morgan fingerprint density at radius 2 is 2.40 bits per heavy atom. The first-order valence-corrected chi connectivity index (χ1v) is 5.49. The highest BCUT2D eigenvalue weighted by Gasteiger charge is 2.18. The van der Waals surface area contributed by atoms with Crippen LogP contribution in [0, 0.1) is 0 Å². The van der Waals surface area contributed by atoms with Gasteiger partial charge < -0.3 is 5.11 Å². The van der Waals surface area contributed by atoms with E-state index in [9.17, 15) is 9.59 Å². The number of hydrogen-bond donors (Lipinski definition) is 2. The van der Waals surface area contributed by atoms with E-state index < -0.39 is 11.2 Å². The fraction of sp³-hybridized carbons (Fsp3) is 0.333. The number of aliphatic hydroxyl groups is 1. The number of nitrogens with zero attached hydrogens (tertiary/aromatic N) is 1. The molecule has 1 aliphatic heterocycles. The molecule has 1 atom stereocenters. The molecule has 0 spiro atoms. The number of hydrogen-bond acceptors (Lipinski definition) is 4. The largest absolute Gasteiger partial charge is 0.392 e. The third-order valence-electron chi connectivity index (χ3n) is 2.15. The molecule has 0 bridgehead atoms. The predicted octanol–water partition coefficient (Wildman–Crippen LogP) is -0.299. The Morgan fingerprint density at radius 1 is 1.60 bits per heavy atom. The summed E-state index contributed by atoms with van der Waals surface area (Å²) in [6, 6.07) is 1.31. The molecule has 1 aromatic heterocycles. The first kappa shape index (κ1) is 10.3. The number of aromatic nitrogens is 2. The second kappa shape index (κ2) is 4.08. The quantitative estimate of drug-likeness (QED) is 0.679. The fourth-order valence-electron chi connectivity index (χ4n) is 1.38. The average Bonchev–Trinajstić information content (AvgIpc) is 2.66. The molecule has 1 unspecified atom stereocenters. The molecule has 0 saturated carbocycles. The summed E-state index contributed by atoms with van der Waals surface area (Å²) >= 11 is 1.54. The Balaban J connectivity index is 2.36. The van der Waals surface area contributed by atoms with Crippen LogP contribution < -0.4 is 11.2 Å². The van der Waals surface area contributed by atoms with E-state index in [4.69, 9.17) is 5.11 Å². The molecule has 0 aromatic carbocycles. The van der Waals surface area contributed by atoms with Gasteiger partial charge >= 0.3 is 5.69 Å². The lowest BCUT2D eigenvalue weighted by Crippen LogP contribution is -2.29. The van der Waals surface area contributed by atoms with Crippen LogP contribution in [-0.2, 0) is 0 Å². The van der Waals surface area contributed by atoms with Gasteiger partial charge in [0.1, 0.15) is 5.37 Å². The van der Waals surface area contributed by atoms with Crippen LogP contribution in [0.2, 0.25) is 0 Å². The van der Waals surface area contributed by atoms with Crippen molar-refractivity contribution in [2.75, 3.05) is 12.4 Å². The van der Waals surface area contributed by atoms with Gasteiger partial charge in [0.2, 0.25) is 0 Å². The van der Waals surface area contributed by atoms with Gasteiger partial charge in [-0.1, -0.05) is 0 Å². The Hall–Kier alpha value is -1.27. The molecule has 2 heterocycles. The van der Waals surface area contributed by atoms with Crippen molar-refractivity contribution in [3.8, 4) is 0 Å². The second-order valence-electron chi connectivity index (χ2n) is 3.20. The molecule has 0 radical (unpaired) electrons. The minimum Gasteiger partial charge on any atom is -0.392 e. The highest BCUT2D eigenvalue weighted by Crippen LogP contribution is 2.32. The molecule has 2 N–H and O–H groups in total. The van der Waals surface area contributed by atoms with Crippen LogP contribution in [0.3, 0.4) is 0 Å². The third-order valence-corrected chi connectivity index (χ3v) is 3.39. The van der Waals surface area contributed by atoms with Crippen molar-refractivity contribution in [3.63, 3.8) is 0 Å². The van der Waals surface area contributed by atoms with Crippen LogP contribution in [0.15, 0.2) is 33.5 Å². The van der Waals surface area contributed by atoms with Gasteiger partial charge in [-0.05, 0) is 11.6 Å². The zero-order chi connectivity index (χ0) is 10.8. The monoisotopic (exact) mass is 226 g/mol. The number of aromatic amines is 1. The van der Waals surface area contributed by atoms with Crippen LogP contribution in [0.4, 0.5) is 0 Å². The maximum atomic E-state index is 11.4. The molecule has 0 saturated heterocycles. The zero-order valence-corrected chi connectivity index (χ0v) is 8.66. The van der Waals surface area contributed by atoms with Crippen molar-refractivity contribution in [3.05, 3.63) is 44.8 Å². The molecular weight excluding hydrogens is 216 g/mol. The van der Waals surface area contributed by atoms with Gasteiger partial charge in [-0.15, -0.1) is 11.8 Å². The van der Waals surface area contributed by atoms with Gasteiger partial charge in [0.05, 0.1) is 6.61 Å². The number of H-pyrrole nitrogens is 1. The number of aliphatic hydroxyl groups excluding tert-OH is 1. The average molecular weight is 226 g/mol. The molecule has 0 fully saturated rings. The lowest BCUT2D eigenvalue weighted by atomic mass is 10.3. The molecule has 1 aliphatic rings. The topological polar surface area (TPSA) is 75.1 Å². The van der Waals surface area contributed by atoms with Gasteiger partial charge in [0, 0.05) is 18.0 Å². The maximum absolute atomic E-state index is 11.4. The molecule has 15 heavy (non-hydrogen) atoms. The smallest absolute Gasteiger partial charge is 0.329 e. The zero-order valence-electron chi connectivity index (χ0n) is 7.84. The van der Waals surface area contributed by atoms with Gasteiger partial charge in [-0.3, -0.25) is 14.3 Å². The van der Waals surface area contributed by atoms with Crippen molar-refractivity contribution >= 4 is 11.8 Å². The van der Waals surface area contributed by atoms with E-state index in [-0.39, 0.29) is 12.0 Å². The summed E-state index contributed by atoms with van der Waals surface area (Å²) in [4.78, 5) is 24.5. The molecule has 2 rings (SSSR count). The first-order valence-electron chi connectivity index (χ1n) is 4.44. The highest BCUT2D eigenvalue weighted by atomic mass is 32.2. The second-order valence-corrected chi connectivity index (χ2v) is 4.31. The summed E-state index contributed by atoms with van der Waals surface area (Å²) in [5, 5.41) is 8.79. The van der Waals surface area contributed by atoms with Crippen molar-refractivity contribution in [1.29, 1.82) is 0 Å². The summed E-state index contributed by atoms with van der Waals surface area (Å²) < 4.78 is 1.44. The summed E-state index contributed by atoms with van der Waals surface area (Å²) in [5.41, 5.74) is 0.0872. The SMILES string of the molecule is O=c1ccn(C2C=C(CO)CS2)c(=O)[nH]1. The molecule has 80 valence electrons. The van der Waals surface area contributed by atoms with Gasteiger partial charge in [0.25, 0.3) is 5.56 Å². The lowest BCUT2D eigenvalue weighted by Gasteiger charge is -2.09. The molecule has 6 heteroatoms. The van der Waals surface area contributed by atoms with E-state index in [2.05, 4.69) is 4.98 Å². The van der Waals surface area contributed by atoms with Crippen LogP contribution in [0.1, 0.15) is 5.37 Å². The number of nitrogens with one attached hydrogen (secondary N) is 1. The number of thioether (sulfide) groups is 1. The predicted molar refractivity (Wildman–Crippen MR) is 58.0 cm³/mol. The first-order chi connectivity index (χ1) is 7.20. The molecule has 0 aliphatic carbocycles. The minimum absolute atomic E-state index is 0.0155. The van der Waals surface area contributed by atoms with E-state index in [0.29, 0.717) is 5.75 Å². The standard InChI is InChI=1S/C9H10N2O3S/c12-4-6-3-8(15-5-6)11-2-1-7(13)10-9(11)14/h1-3,8,12H,4-5H2,(H,10,13,14). The summed E-state index contributed by atoms with van der Waals surface area (Å²) in [7, 11) is 0. The highest BCUT2D eigenvalue weighted by molar-refractivity contribution is 7.99. The normalized spacial score (nSPS) is 20.3. The Bertz CT molecular complexity index is 503. The van der Waals surface area contributed by atoms with Crippen molar-refractivity contribution in [1.82, 2.24) is 9.55 Å². The van der Waals surface area contributed by atoms with Gasteiger partial charge in [0.15, 0.2) is 0 Å². The van der Waals surface area contributed by atoms with E-state index in [1.54, 1.807) is 0 Å². The van der Waals surface area contributed by atoms with Crippen LogP contribution in [-0.4, -0.2) is 27.0 Å². The summed E-state index contributed by atoms with van der Waals surface area (Å²) in [5.74, 6) is 0.715. The lowest BCUT2D eigenvalue weighted by molar-refractivity contribution is 0.332. The van der Waals surface area contributed by atoms with E-state index in [0.717, 1.165) is 5.57 Å². The molecule has 0 amide bonds. The minimum atomic E-state index is -0.421. The number of rotatable bonds is 2. The molecule has 1 aromatic rings. The third kappa shape index (κ3) is 2.05. The van der Waals surface area contributed by atoms with E-state index in [1.165, 1.54) is 28.6 Å². The van der Waals surface area contributed by atoms with Gasteiger partial charge in [-0.2, -0.15) is 0 Å². The van der Waals surface area contributed by atoms with E-state index in [1.807, 2.05) is 6.08 Å². The Labute approximate surface area is 89.5 Å². The molecular formula is C9H10N2O3S. The van der Waals surface area contributed by atoms with Crippen LogP contribution >= 0.6 is 11.8 Å². The fourth-order valence-corrected chi connectivity index (χ4v) is 2.56. The Morgan fingerprint density at radius 3 is 3.00 bits per heavy atom. The van der Waals surface area contributed by atoms with Crippen LogP contribution in [0.25, 0.3) is 0 Å². The summed E-state index contributed by atoms with van der Waals surface area (Å²) in [6.45, 7) is 0.0155. The van der Waals surface area contributed by atoms with Crippen molar-refractivity contribution in [2.24, 2.45) is 0 Å². The Kier molecular flexibility index (Phi) is 2.79. The van der Waals surface area contributed by atoms with Gasteiger partial charge in [-0.25, -0.2) is 4.79 Å². The van der Waals surface area contributed by atoms with Crippen LogP contribution in [0.5, 0.6) is 0 Å². The summed E-state index contributed by atoms with van der Waals surface area (Å²) in [6.07, 6.45) is 3.31. The van der Waals surface area contributed by atoms with E-state index >= 15 is 0 Å².